The quantitative estimate of drug-likeness (QED) is 0.759. The first kappa shape index (κ1) is 14.7. The van der Waals surface area contributed by atoms with E-state index in [2.05, 4.69) is 45.0 Å². The highest BCUT2D eigenvalue weighted by atomic mass is 16.5. The monoisotopic (exact) mass is 248 g/mol. The van der Waals surface area contributed by atoms with Gasteiger partial charge in [-0.05, 0) is 29.9 Å². The van der Waals surface area contributed by atoms with Crippen LogP contribution in [0.4, 0.5) is 0 Å². The summed E-state index contributed by atoms with van der Waals surface area (Å²) in [6, 6.07) is 8.51. The van der Waals surface area contributed by atoms with E-state index in [4.69, 9.17) is 4.74 Å². The molecule has 2 nitrogen and oxygen atoms in total. The molecule has 0 aliphatic rings. The van der Waals surface area contributed by atoms with E-state index in [-0.39, 0.29) is 17.3 Å². The van der Waals surface area contributed by atoms with E-state index in [1.165, 1.54) is 11.1 Å². The number of carbonyl (C=O) groups excluding carboxylic acids is 1. The van der Waals surface area contributed by atoms with Gasteiger partial charge >= 0.3 is 5.97 Å². The van der Waals surface area contributed by atoms with E-state index in [9.17, 15) is 4.79 Å². The number of ether oxygens (including phenoxy) is 1. The third kappa shape index (κ3) is 4.17. The van der Waals surface area contributed by atoms with Crippen molar-refractivity contribution in [2.75, 3.05) is 6.61 Å². The molecule has 0 aromatic heterocycles. The summed E-state index contributed by atoms with van der Waals surface area (Å²) < 4.78 is 5.01. The lowest BCUT2D eigenvalue weighted by Gasteiger charge is -2.19. The zero-order chi connectivity index (χ0) is 13.8. The molecular weight excluding hydrogens is 224 g/mol. The maximum atomic E-state index is 11.6. The lowest BCUT2D eigenvalue weighted by Crippen LogP contribution is -2.17. The number of rotatable bonds is 4. The first-order valence-corrected chi connectivity index (χ1v) is 6.60. The molecule has 0 aliphatic carbocycles. The van der Waals surface area contributed by atoms with Crippen LogP contribution in [0.2, 0.25) is 0 Å². The predicted octanol–water partition coefficient (Wildman–Crippen LogP) is 3.73. The van der Waals surface area contributed by atoms with Crippen molar-refractivity contribution < 1.29 is 9.53 Å². The van der Waals surface area contributed by atoms with Crippen molar-refractivity contribution in [3.05, 3.63) is 35.4 Å². The second-order valence-electron chi connectivity index (χ2n) is 5.80. The SMILES string of the molecule is CCOC(=O)C(C)Cc1ccc(C(C)(C)C)cc1. The molecule has 100 valence electrons. The average Bonchev–Trinajstić information content (AvgIpc) is 2.28. The lowest BCUT2D eigenvalue weighted by atomic mass is 9.86. The number of carbonyl (C=O) groups is 1. The third-order valence-electron chi connectivity index (χ3n) is 3.05. The second-order valence-corrected chi connectivity index (χ2v) is 5.80. The van der Waals surface area contributed by atoms with Crippen LogP contribution in [0, 0.1) is 5.92 Å². The third-order valence-corrected chi connectivity index (χ3v) is 3.05. The maximum absolute atomic E-state index is 11.6. The molecule has 1 aromatic rings. The molecule has 1 atom stereocenters. The summed E-state index contributed by atoms with van der Waals surface area (Å²) in [5.41, 5.74) is 2.67. The van der Waals surface area contributed by atoms with Crippen molar-refractivity contribution >= 4 is 5.97 Å². The number of benzene rings is 1. The van der Waals surface area contributed by atoms with Gasteiger partial charge in [0.25, 0.3) is 0 Å². The van der Waals surface area contributed by atoms with Gasteiger partial charge in [-0.2, -0.15) is 0 Å². The topological polar surface area (TPSA) is 26.3 Å². The summed E-state index contributed by atoms with van der Waals surface area (Å²) in [5, 5.41) is 0. The average molecular weight is 248 g/mol. The Kier molecular flexibility index (Phi) is 4.94. The number of esters is 1. The fourth-order valence-electron chi connectivity index (χ4n) is 1.86. The first-order chi connectivity index (χ1) is 8.34. The van der Waals surface area contributed by atoms with Crippen molar-refractivity contribution in [2.24, 2.45) is 5.92 Å². The molecule has 0 N–H and O–H groups in total. The van der Waals surface area contributed by atoms with E-state index in [0.717, 1.165) is 6.42 Å². The van der Waals surface area contributed by atoms with Crippen LogP contribution >= 0.6 is 0 Å². The fraction of sp³-hybridized carbons (Fsp3) is 0.562. The van der Waals surface area contributed by atoms with Crippen LogP contribution in [0.3, 0.4) is 0 Å². The Labute approximate surface area is 110 Å². The Morgan fingerprint density at radius 1 is 1.22 bits per heavy atom. The van der Waals surface area contributed by atoms with E-state index >= 15 is 0 Å². The van der Waals surface area contributed by atoms with Gasteiger partial charge < -0.3 is 4.74 Å². The summed E-state index contributed by atoms with van der Waals surface area (Å²) in [6.07, 6.45) is 0.739. The lowest BCUT2D eigenvalue weighted by molar-refractivity contribution is -0.147. The molecule has 0 spiro atoms. The molecule has 0 bridgehead atoms. The summed E-state index contributed by atoms with van der Waals surface area (Å²) in [6.45, 7) is 10.8. The van der Waals surface area contributed by atoms with Gasteiger partial charge in [-0.25, -0.2) is 0 Å². The normalized spacial score (nSPS) is 13.2. The largest absolute Gasteiger partial charge is 0.466 e. The minimum Gasteiger partial charge on any atom is -0.466 e. The van der Waals surface area contributed by atoms with Gasteiger partial charge in [-0.15, -0.1) is 0 Å². The van der Waals surface area contributed by atoms with E-state index in [1.807, 2.05) is 13.8 Å². The fourth-order valence-corrected chi connectivity index (χ4v) is 1.86. The molecule has 1 rings (SSSR count). The zero-order valence-corrected chi connectivity index (χ0v) is 12.1. The molecule has 1 aromatic carbocycles. The van der Waals surface area contributed by atoms with Crippen molar-refractivity contribution in [3.8, 4) is 0 Å². The summed E-state index contributed by atoms with van der Waals surface area (Å²) in [7, 11) is 0. The first-order valence-electron chi connectivity index (χ1n) is 6.60. The van der Waals surface area contributed by atoms with Gasteiger partial charge in [0.05, 0.1) is 12.5 Å². The number of hydrogen-bond donors (Lipinski definition) is 0. The van der Waals surface area contributed by atoms with Crippen molar-refractivity contribution in [1.29, 1.82) is 0 Å². The molecule has 0 radical (unpaired) electrons. The highest BCUT2D eigenvalue weighted by Crippen LogP contribution is 2.23. The zero-order valence-electron chi connectivity index (χ0n) is 12.1. The highest BCUT2D eigenvalue weighted by molar-refractivity contribution is 5.72. The maximum Gasteiger partial charge on any atom is 0.308 e. The van der Waals surface area contributed by atoms with Crippen LogP contribution in [-0.4, -0.2) is 12.6 Å². The highest BCUT2D eigenvalue weighted by Gasteiger charge is 2.16. The minimum atomic E-state index is -0.114. The van der Waals surface area contributed by atoms with Crippen LogP contribution in [0.15, 0.2) is 24.3 Å². The Morgan fingerprint density at radius 2 is 1.78 bits per heavy atom. The van der Waals surface area contributed by atoms with Gasteiger partial charge in [0.15, 0.2) is 0 Å². The molecule has 0 saturated heterocycles. The van der Waals surface area contributed by atoms with Crippen LogP contribution in [0.5, 0.6) is 0 Å². The van der Waals surface area contributed by atoms with Gasteiger partial charge in [0.1, 0.15) is 0 Å². The molecule has 0 amide bonds. The Balaban J connectivity index is 2.67. The van der Waals surface area contributed by atoms with Crippen LogP contribution in [-0.2, 0) is 21.4 Å². The van der Waals surface area contributed by atoms with Crippen molar-refractivity contribution in [3.63, 3.8) is 0 Å². The summed E-state index contributed by atoms with van der Waals surface area (Å²) in [5.74, 6) is -0.192. The second kappa shape index (κ2) is 6.03. The molecular formula is C16H24O2. The predicted molar refractivity (Wildman–Crippen MR) is 74.6 cm³/mol. The molecule has 2 heteroatoms. The van der Waals surface area contributed by atoms with Crippen LogP contribution < -0.4 is 0 Å². The Hall–Kier alpha value is -1.31. The van der Waals surface area contributed by atoms with Gasteiger partial charge in [-0.1, -0.05) is 52.0 Å². The molecule has 0 saturated carbocycles. The van der Waals surface area contributed by atoms with Crippen molar-refractivity contribution in [1.82, 2.24) is 0 Å². The molecule has 0 aliphatic heterocycles. The molecule has 0 heterocycles. The van der Waals surface area contributed by atoms with Gasteiger partial charge in [0.2, 0.25) is 0 Å². The van der Waals surface area contributed by atoms with Crippen LogP contribution in [0.1, 0.15) is 45.7 Å². The van der Waals surface area contributed by atoms with E-state index in [0.29, 0.717) is 6.61 Å². The Morgan fingerprint density at radius 3 is 2.22 bits per heavy atom. The minimum absolute atomic E-state index is 0.0783. The summed E-state index contributed by atoms with van der Waals surface area (Å²) in [4.78, 5) is 11.6. The molecule has 0 fully saturated rings. The Bertz CT molecular complexity index is 385. The smallest absolute Gasteiger partial charge is 0.308 e. The number of hydrogen-bond acceptors (Lipinski definition) is 2. The molecule has 1 unspecified atom stereocenters. The van der Waals surface area contributed by atoms with Gasteiger partial charge in [-0.3, -0.25) is 4.79 Å². The summed E-state index contributed by atoms with van der Waals surface area (Å²) >= 11 is 0. The molecule has 18 heavy (non-hydrogen) atoms. The van der Waals surface area contributed by atoms with E-state index < -0.39 is 0 Å². The van der Waals surface area contributed by atoms with Crippen molar-refractivity contribution in [2.45, 2.75) is 46.5 Å². The van der Waals surface area contributed by atoms with Crippen LogP contribution in [0.25, 0.3) is 0 Å². The standard InChI is InChI=1S/C16H24O2/c1-6-18-15(17)12(2)11-13-7-9-14(10-8-13)16(3,4)5/h7-10,12H,6,11H2,1-5H3. The van der Waals surface area contributed by atoms with E-state index in [1.54, 1.807) is 0 Å². The van der Waals surface area contributed by atoms with Gasteiger partial charge in [0, 0.05) is 0 Å².